The van der Waals surface area contributed by atoms with E-state index in [1.165, 1.54) is 77.2 Å². The summed E-state index contributed by atoms with van der Waals surface area (Å²) in [5.41, 5.74) is 0. The van der Waals surface area contributed by atoms with Crippen molar-refractivity contribution >= 4 is 0 Å². The molecule has 1 rings (SSSR count). The smallest absolute Gasteiger partial charge is 0.00952 e. The van der Waals surface area contributed by atoms with Gasteiger partial charge in [-0.1, -0.05) is 72.1 Å². The molecule has 1 nitrogen and oxygen atoms in total. The molecule has 3 atom stereocenters. The largest absolute Gasteiger partial charge is 0.314 e. The van der Waals surface area contributed by atoms with Gasteiger partial charge in [0.05, 0.1) is 0 Å². The van der Waals surface area contributed by atoms with E-state index in [4.69, 9.17) is 0 Å². The van der Waals surface area contributed by atoms with Gasteiger partial charge in [-0.2, -0.15) is 0 Å². The second-order valence-corrected chi connectivity index (χ2v) is 6.93. The van der Waals surface area contributed by atoms with Crippen LogP contribution in [0.2, 0.25) is 0 Å². The predicted molar refractivity (Wildman–Crippen MR) is 86.6 cm³/mol. The molecule has 19 heavy (non-hydrogen) atoms. The highest BCUT2D eigenvalue weighted by Crippen LogP contribution is 2.28. The number of hydrogen-bond acceptors (Lipinski definition) is 1. The van der Waals surface area contributed by atoms with Crippen molar-refractivity contribution in [2.75, 3.05) is 6.54 Å². The topological polar surface area (TPSA) is 12.0 Å². The molecule has 1 saturated carbocycles. The van der Waals surface area contributed by atoms with Gasteiger partial charge in [-0.3, -0.25) is 0 Å². The zero-order valence-electron chi connectivity index (χ0n) is 13.7. The molecule has 0 aromatic heterocycles. The highest BCUT2D eigenvalue weighted by atomic mass is 14.9. The van der Waals surface area contributed by atoms with Crippen molar-refractivity contribution in [3.8, 4) is 0 Å². The highest BCUT2D eigenvalue weighted by molar-refractivity contribution is 4.81. The minimum Gasteiger partial charge on any atom is -0.314 e. The Kier molecular flexibility index (Phi) is 9.59. The van der Waals surface area contributed by atoms with E-state index in [0.29, 0.717) is 0 Å². The Balaban J connectivity index is 1.90. The normalized spacial score (nSPS) is 27.6. The van der Waals surface area contributed by atoms with Gasteiger partial charge in [-0.15, -0.1) is 0 Å². The Labute approximate surface area is 121 Å². The molecule has 0 saturated heterocycles. The molecular formula is C18H37N. The van der Waals surface area contributed by atoms with Crippen LogP contribution in [0, 0.1) is 11.8 Å². The molecule has 0 heterocycles. The van der Waals surface area contributed by atoms with Crippen LogP contribution in [0.15, 0.2) is 0 Å². The summed E-state index contributed by atoms with van der Waals surface area (Å²) >= 11 is 0. The van der Waals surface area contributed by atoms with Crippen LogP contribution >= 0.6 is 0 Å². The third-order valence-corrected chi connectivity index (χ3v) is 4.89. The SMILES string of the molecule is CCCCCCCCCCNC1CC(C)CCC1C. The van der Waals surface area contributed by atoms with Crippen molar-refractivity contribution < 1.29 is 0 Å². The van der Waals surface area contributed by atoms with Crippen molar-refractivity contribution in [3.63, 3.8) is 0 Å². The molecule has 1 fully saturated rings. The molecule has 0 amide bonds. The van der Waals surface area contributed by atoms with Crippen molar-refractivity contribution in [2.24, 2.45) is 11.8 Å². The molecular weight excluding hydrogens is 230 g/mol. The van der Waals surface area contributed by atoms with Crippen LogP contribution in [0.4, 0.5) is 0 Å². The molecule has 1 aliphatic rings. The summed E-state index contributed by atoms with van der Waals surface area (Å²) in [5, 5.41) is 3.81. The number of unbranched alkanes of at least 4 members (excludes halogenated alkanes) is 7. The minimum absolute atomic E-state index is 0.799. The van der Waals surface area contributed by atoms with Crippen LogP contribution in [0.25, 0.3) is 0 Å². The van der Waals surface area contributed by atoms with Gasteiger partial charge < -0.3 is 5.32 Å². The number of rotatable bonds is 10. The monoisotopic (exact) mass is 267 g/mol. The van der Waals surface area contributed by atoms with E-state index < -0.39 is 0 Å². The average molecular weight is 268 g/mol. The first-order chi connectivity index (χ1) is 9.24. The van der Waals surface area contributed by atoms with Gasteiger partial charge >= 0.3 is 0 Å². The predicted octanol–water partition coefficient (Wildman–Crippen LogP) is 5.54. The zero-order valence-corrected chi connectivity index (χ0v) is 13.7. The molecule has 0 spiro atoms. The Morgan fingerprint density at radius 3 is 2.16 bits per heavy atom. The van der Waals surface area contributed by atoms with E-state index in [-0.39, 0.29) is 0 Å². The third kappa shape index (κ3) is 7.97. The molecule has 0 aliphatic heterocycles. The summed E-state index contributed by atoms with van der Waals surface area (Å²) in [4.78, 5) is 0. The second-order valence-electron chi connectivity index (χ2n) is 6.93. The van der Waals surface area contributed by atoms with Crippen molar-refractivity contribution in [1.82, 2.24) is 5.32 Å². The molecule has 114 valence electrons. The van der Waals surface area contributed by atoms with E-state index in [9.17, 15) is 0 Å². The van der Waals surface area contributed by atoms with Crippen molar-refractivity contribution in [2.45, 2.75) is 97.4 Å². The Morgan fingerprint density at radius 2 is 1.47 bits per heavy atom. The lowest BCUT2D eigenvalue weighted by atomic mass is 9.80. The van der Waals surface area contributed by atoms with Gasteiger partial charge in [-0.25, -0.2) is 0 Å². The number of nitrogens with one attached hydrogen (secondary N) is 1. The maximum atomic E-state index is 3.81. The molecule has 0 radical (unpaired) electrons. The summed E-state index contributed by atoms with van der Waals surface area (Å²) in [6.45, 7) is 8.38. The molecule has 0 aromatic rings. The first-order valence-electron chi connectivity index (χ1n) is 8.97. The Morgan fingerprint density at radius 1 is 0.842 bits per heavy atom. The lowest BCUT2D eigenvalue weighted by Crippen LogP contribution is -2.39. The molecule has 1 heteroatoms. The van der Waals surface area contributed by atoms with Gasteiger partial charge in [0.15, 0.2) is 0 Å². The first-order valence-corrected chi connectivity index (χ1v) is 8.97. The van der Waals surface area contributed by atoms with E-state index in [0.717, 1.165) is 17.9 Å². The van der Waals surface area contributed by atoms with E-state index in [1.807, 2.05) is 0 Å². The third-order valence-electron chi connectivity index (χ3n) is 4.89. The minimum atomic E-state index is 0.799. The van der Waals surface area contributed by atoms with Gasteiger partial charge in [0.2, 0.25) is 0 Å². The maximum absolute atomic E-state index is 3.81. The van der Waals surface area contributed by atoms with Crippen LogP contribution in [0.1, 0.15) is 91.4 Å². The maximum Gasteiger partial charge on any atom is 0.00952 e. The highest BCUT2D eigenvalue weighted by Gasteiger charge is 2.24. The van der Waals surface area contributed by atoms with Gasteiger partial charge in [0.1, 0.15) is 0 Å². The lowest BCUT2D eigenvalue weighted by molar-refractivity contribution is 0.228. The fourth-order valence-electron chi connectivity index (χ4n) is 3.36. The zero-order chi connectivity index (χ0) is 13.9. The summed E-state index contributed by atoms with van der Waals surface area (Å²) in [6, 6.07) is 0.799. The quantitative estimate of drug-likeness (QED) is 0.512. The number of hydrogen-bond donors (Lipinski definition) is 1. The fourth-order valence-corrected chi connectivity index (χ4v) is 3.36. The Bertz CT molecular complexity index is 202. The van der Waals surface area contributed by atoms with E-state index in [2.05, 4.69) is 26.1 Å². The molecule has 3 unspecified atom stereocenters. The first kappa shape index (κ1) is 17.0. The van der Waals surface area contributed by atoms with Crippen molar-refractivity contribution in [3.05, 3.63) is 0 Å². The summed E-state index contributed by atoms with van der Waals surface area (Å²) in [5.74, 6) is 1.83. The van der Waals surface area contributed by atoms with Gasteiger partial charge in [-0.05, 0) is 37.6 Å². The van der Waals surface area contributed by atoms with E-state index >= 15 is 0 Å². The summed E-state index contributed by atoms with van der Waals surface area (Å²) < 4.78 is 0. The standard InChI is InChI=1S/C18H37N/c1-4-5-6-7-8-9-10-11-14-19-18-15-16(2)12-13-17(18)3/h16-19H,4-15H2,1-3H3. The Hall–Kier alpha value is -0.0400. The average Bonchev–Trinajstić information content (AvgIpc) is 2.40. The molecule has 0 aromatic carbocycles. The van der Waals surface area contributed by atoms with E-state index in [1.54, 1.807) is 0 Å². The van der Waals surface area contributed by atoms with Crippen LogP contribution in [-0.4, -0.2) is 12.6 Å². The van der Waals surface area contributed by atoms with Crippen LogP contribution in [-0.2, 0) is 0 Å². The fraction of sp³-hybridized carbons (Fsp3) is 1.00. The van der Waals surface area contributed by atoms with Crippen LogP contribution in [0.5, 0.6) is 0 Å². The second kappa shape index (κ2) is 10.7. The van der Waals surface area contributed by atoms with Crippen molar-refractivity contribution in [1.29, 1.82) is 0 Å². The molecule has 1 N–H and O–H groups in total. The van der Waals surface area contributed by atoms with Gasteiger partial charge in [0, 0.05) is 6.04 Å². The lowest BCUT2D eigenvalue weighted by Gasteiger charge is -2.33. The molecule has 0 bridgehead atoms. The van der Waals surface area contributed by atoms with Crippen LogP contribution in [0.3, 0.4) is 0 Å². The van der Waals surface area contributed by atoms with Crippen LogP contribution < -0.4 is 5.32 Å². The van der Waals surface area contributed by atoms with Gasteiger partial charge in [0.25, 0.3) is 0 Å². The summed E-state index contributed by atoms with van der Waals surface area (Å²) in [7, 11) is 0. The summed E-state index contributed by atoms with van der Waals surface area (Å²) in [6.07, 6.45) is 15.7. The molecule has 1 aliphatic carbocycles.